The first kappa shape index (κ1) is 16.6. The number of likely N-dealkylation sites (tertiary alicyclic amines) is 1. The van der Waals surface area contributed by atoms with Crippen LogP contribution in [0.15, 0.2) is 24.3 Å². The summed E-state index contributed by atoms with van der Waals surface area (Å²) in [5.41, 5.74) is 0.689. The second-order valence-corrected chi connectivity index (χ2v) is 6.38. The minimum atomic E-state index is 0.0568. The number of likely N-dealkylation sites (N-methyl/N-ethyl adjacent to an activating group) is 1. The van der Waals surface area contributed by atoms with Crippen LogP contribution in [0.1, 0.15) is 30.1 Å². The van der Waals surface area contributed by atoms with Gasteiger partial charge in [0.05, 0.1) is 6.61 Å². The third-order valence-electron chi connectivity index (χ3n) is 4.85. The van der Waals surface area contributed by atoms with Gasteiger partial charge in [0.2, 0.25) is 0 Å². The molecule has 0 aromatic heterocycles. The maximum atomic E-state index is 12.6. The standard InChI is InChI=1S/C18H25N3O3/c1-3-24-16-6-4-14(5-7-16)17(22)20-10-8-15(9-11-20)21-13-12-19(2)18(21)23/h4-7,15H,3,8-13H2,1-2H3. The number of ether oxygens (including phenoxy) is 1. The third kappa shape index (κ3) is 3.32. The highest BCUT2D eigenvalue weighted by atomic mass is 16.5. The molecule has 2 heterocycles. The van der Waals surface area contributed by atoms with Crippen molar-refractivity contribution in [3.63, 3.8) is 0 Å². The summed E-state index contributed by atoms with van der Waals surface area (Å²) in [5, 5.41) is 0. The normalized spacial score (nSPS) is 19.1. The number of carbonyl (C=O) groups is 2. The Morgan fingerprint density at radius 1 is 1.12 bits per heavy atom. The smallest absolute Gasteiger partial charge is 0.320 e. The zero-order chi connectivity index (χ0) is 17.1. The average molecular weight is 331 g/mol. The summed E-state index contributed by atoms with van der Waals surface area (Å²) in [7, 11) is 1.84. The maximum absolute atomic E-state index is 12.6. The molecule has 0 spiro atoms. The van der Waals surface area contributed by atoms with Crippen molar-refractivity contribution in [1.82, 2.24) is 14.7 Å². The van der Waals surface area contributed by atoms with Crippen LogP contribution < -0.4 is 4.74 Å². The molecule has 0 atom stereocenters. The number of rotatable bonds is 4. The molecular weight excluding hydrogens is 306 g/mol. The lowest BCUT2D eigenvalue weighted by Gasteiger charge is -2.36. The summed E-state index contributed by atoms with van der Waals surface area (Å²) in [5.74, 6) is 0.839. The molecule has 2 fully saturated rings. The number of nitrogens with zero attached hydrogens (tertiary/aromatic N) is 3. The van der Waals surface area contributed by atoms with Crippen LogP contribution in [-0.2, 0) is 0 Å². The molecule has 1 aromatic carbocycles. The quantitative estimate of drug-likeness (QED) is 0.848. The largest absolute Gasteiger partial charge is 0.494 e. The first-order valence-corrected chi connectivity index (χ1v) is 8.64. The van der Waals surface area contributed by atoms with Crippen LogP contribution in [0.2, 0.25) is 0 Å². The molecule has 0 aliphatic carbocycles. The Kier molecular flexibility index (Phi) is 4.92. The summed E-state index contributed by atoms with van der Waals surface area (Å²) in [6.45, 7) is 5.54. The maximum Gasteiger partial charge on any atom is 0.320 e. The van der Waals surface area contributed by atoms with E-state index in [0.717, 1.165) is 31.7 Å². The average Bonchev–Trinajstić information content (AvgIpc) is 2.95. The van der Waals surface area contributed by atoms with Gasteiger partial charge in [0.25, 0.3) is 5.91 Å². The number of urea groups is 1. The first-order valence-electron chi connectivity index (χ1n) is 8.64. The Labute approximate surface area is 143 Å². The SMILES string of the molecule is CCOc1ccc(C(=O)N2CCC(N3CCN(C)C3=O)CC2)cc1. The highest BCUT2D eigenvalue weighted by Gasteiger charge is 2.34. The molecule has 0 saturated carbocycles. The van der Waals surface area contributed by atoms with Crippen molar-refractivity contribution in [2.24, 2.45) is 0 Å². The van der Waals surface area contributed by atoms with Crippen LogP contribution in [0.25, 0.3) is 0 Å². The van der Waals surface area contributed by atoms with Crippen molar-refractivity contribution in [1.29, 1.82) is 0 Å². The van der Waals surface area contributed by atoms with Gasteiger partial charge in [-0.25, -0.2) is 4.79 Å². The number of amides is 3. The molecule has 6 nitrogen and oxygen atoms in total. The van der Waals surface area contributed by atoms with E-state index < -0.39 is 0 Å². The summed E-state index contributed by atoms with van der Waals surface area (Å²) < 4.78 is 5.41. The molecule has 2 aliphatic rings. The Hall–Kier alpha value is -2.24. The number of carbonyl (C=O) groups excluding carboxylic acids is 2. The van der Waals surface area contributed by atoms with E-state index in [1.165, 1.54) is 0 Å². The van der Waals surface area contributed by atoms with Crippen LogP contribution >= 0.6 is 0 Å². The Morgan fingerprint density at radius 2 is 1.79 bits per heavy atom. The van der Waals surface area contributed by atoms with Crippen molar-refractivity contribution in [3.05, 3.63) is 29.8 Å². The molecule has 24 heavy (non-hydrogen) atoms. The molecule has 3 rings (SSSR count). The van der Waals surface area contributed by atoms with Gasteiger partial charge in [-0.05, 0) is 44.0 Å². The molecule has 0 unspecified atom stereocenters. The fraction of sp³-hybridized carbons (Fsp3) is 0.556. The van der Waals surface area contributed by atoms with E-state index >= 15 is 0 Å². The van der Waals surface area contributed by atoms with Gasteiger partial charge in [0.15, 0.2) is 0 Å². The lowest BCUT2D eigenvalue weighted by atomic mass is 10.0. The second kappa shape index (κ2) is 7.11. The summed E-state index contributed by atoms with van der Waals surface area (Å²) in [6, 6.07) is 7.68. The Morgan fingerprint density at radius 3 is 2.33 bits per heavy atom. The van der Waals surface area contributed by atoms with Crippen molar-refractivity contribution in [3.8, 4) is 5.75 Å². The van der Waals surface area contributed by atoms with Crippen LogP contribution in [0.4, 0.5) is 4.79 Å². The second-order valence-electron chi connectivity index (χ2n) is 6.38. The Bertz CT molecular complexity index is 594. The monoisotopic (exact) mass is 331 g/mol. The van der Waals surface area contributed by atoms with Crippen LogP contribution in [0.5, 0.6) is 5.75 Å². The molecule has 2 aliphatic heterocycles. The number of piperidine rings is 1. The van der Waals surface area contributed by atoms with Gasteiger partial charge in [-0.1, -0.05) is 0 Å². The molecule has 0 radical (unpaired) electrons. The van der Waals surface area contributed by atoms with Crippen LogP contribution in [-0.4, -0.2) is 72.5 Å². The van der Waals surface area contributed by atoms with Gasteiger partial charge in [-0.2, -0.15) is 0 Å². The zero-order valence-electron chi connectivity index (χ0n) is 14.4. The van der Waals surface area contributed by atoms with Gasteiger partial charge in [0.1, 0.15) is 5.75 Å². The molecule has 2 saturated heterocycles. The fourth-order valence-electron chi connectivity index (χ4n) is 3.43. The molecule has 0 bridgehead atoms. The molecule has 6 heteroatoms. The predicted octanol–water partition coefficient (Wildman–Crippen LogP) is 2.06. The van der Waals surface area contributed by atoms with E-state index in [1.54, 1.807) is 4.90 Å². The third-order valence-corrected chi connectivity index (χ3v) is 4.85. The topological polar surface area (TPSA) is 53.1 Å². The summed E-state index contributed by atoms with van der Waals surface area (Å²) >= 11 is 0. The van der Waals surface area contributed by atoms with Gasteiger partial charge >= 0.3 is 6.03 Å². The van der Waals surface area contributed by atoms with E-state index in [-0.39, 0.29) is 18.0 Å². The van der Waals surface area contributed by atoms with Crippen molar-refractivity contribution >= 4 is 11.9 Å². The molecule has 130 valence electrons. The van der Waals surface area contributed by atoms with E-state index in [1.807, 2.05) is 48.0 Å². The summed E-state index contributed by atoms with van der Waals surface area (Å²) in [4.78, 5) is 30.3. The highest BCUT2D eigenvalue weighted by molar-refractivity contribution is 5.94. The van der Waals surface area contributed by atoms with E-state index in [2.05, 4.69) is 0 Å². The fourth-order valence-corrected chi connectivity index (χ4v) is 3.43. The van der Waals surface area contributed by atoms with Gasteiger partial charge in [-0.3, -0.25) is 4.79 Å². The predicted molar refractivity (Wildman–Crippen MR) is 91.3 cm³/mol. The molecule has 3 amide bonds. The zero-order valence-corrected chi connectivity index (χ0v) is 14.4. The molecule has 0 N–H and O–H groups in total. The van der Waals surface area contributed by atoms with Crippen molar-refractivity contribution < 1.29 is 14.3 Å². The first-order chi connectivity index (χ1) is 11.6. The van der Waals surface area contributed by atoms with Crippen LogP contribution in [0.3, 0.4) is 0 Å². The van der Waals surface area contributed by atoms with E-state index in [4.69, 9.17) is 4.74 Å². The van der Waals surface area contributed by atoms with Crippen molar-refractivity contribution in [2.45, 2.75) is 25.8 Å². The van der Waals surface area contributed by atoms with Gasteiger partial charge in [0, 0.05) is 44.8 Å². The van der Waals surface area contributed by atoms with E-state index in [0.29, 0.717) is 25.3 Å². The van der Waals surface area contributed by atoms with E-state index in [9.17, 15) is 9.59 Å². The van der Waals surface area contributed by atoms with Gasteiger partial charge in [-0.15, -0.1) is 0 Å². The lowest BCUT2D eigenvalue weighted by Crippen LogP contribution is -2.47. The lowest BCUT2D eigenvalue weighted by molar-refractivity contribution is 0.0664. The molecular formula is C18H25N3O3. The number of hydrogen-bond donors (Lipinski definition) is 0. The van der Waals surface area contributed by atoms with Crippen molar-refractivity contribution in [2.75, 3.05) is 39.8 Å². The minimum Gasteiger partial charge on any atom is -0.494 e. The molecule has 1 aromatic rings. The number of hydrogen-bond acceptors (Lipinski definition) is 3. The summed E-state index contributed by atoms with van der Waals surface area (Å²) in [6.07, 6.45) is 1.70. The minimum absolute atomic E-state index is 0.0568. The number of benzene rings is 1. The van der Waals surface area contributed by atoms with Crippen LogP contribution in [0, 0.1) is 0 Å². The van der Waals surface area contributed by atoms with Gasteiger partial charge < -0.3 is 19.4 Å². The highest BCUT2D eigenvalue weighted by Crippen LogP contribution is 2.22. The Balaban J connectivity index is 1.56.